The zero-order chi connectivity index (χ0) is 18.7. The molecule has 1 atom stereocenters. The van der Waals surface area contributed by atoms with Crippen molar-refractivity contribution in [2.24, 2.45) is 0 Å². The van der Waals surface area contributed by atoms with Gasteiger partial charge in [0.05, 0.1) is 11.8 Å². The topological polar surface area (TPSA) is 57.3 Å². The summed E-state index contributed by atoms with van der Waals surface area (Å²) < 4.78 is 13.3. The minimum absolute atomic E-state index is 0.168. The van der Waals surface area contributed by atoms with Crippen molar-refractivity contribution in [1.29, 1.82) is 0 Å². The van der Waals surface area contributed by atoms with Crippen molar-refractivity contribution in [2.45, 2.75) is 26.4 Å². The lowest BCUT2D eigenvalue weighted by molar-refractivity contribution is 0.102. The summed E-state index contributed by atoms with van der Waals surface area (Å²) in [4.78, 5) is 18.5. The normalized spacial score (nSPS) is 17.9. The number of hydrogen-bond donors (Lipinski definition) is 2. The summed E-state index contributed by atoms with van der Waals surface area (Å²) in [6.45, 7) is 7.77. The van der Waals surface area contributed by atoms with Crippen LogP contribution in [0, 0.1) is 12.7 Å². The predicted octanol–water partition coefficient (Wildman–Crippen LogP) is 3.23. The first-order valence-electron chi connectivity index (χ1n) is 8.59. The van der Waals surface area contributed by atoms with E-state index >= 15 is 0 Å². The van der Waals surface area contributed by atoms with Crippen LogP contribution >= 0.6 is 11.6 Å². The first-order chi connectivity index (χ1) is 12.4. The van der Waals surface area contributed by atoms with Crippen molar-refractivity contribution in [1.82, 2.24) is 15.2 Å². The van der Waals surface area contributed by atoms with E-state index in [9.17, 15) is 9.18 Å². The third-order valence-corrected chi connectivity index (χ3v) is 4.76. The zero-order valence-corrected chi connectivity index (χ0v) is 15.6. The molecule has 1 saturated heterocycles. The Bertz CT molecular complexity index is 814. The van der Waals surface area contributed by atoms with E-state index in [0.717, 1.165) is 49.6 Å². The van der Waals surface area contributed by atoms with Gasteiger partial charge in [-0.3, -0.25) is 14.7 Å². The van der Waals surface area contributed by atoms with Gasteiger partial charge < -0.3 is 10.6 Å². The number of amides is 1. The van der Waals surface area contributed by atoms with Gasteiger partial charge in [0, 0.05) is 49.1 Å². The number of pyridine rings is 1. The third-order valence-electron chi connectivity index (χ3n) is 4.54. The molecule has 1 aromatic carbocycles. The van der Waals surface area contributed by atoms with Crippen LogP contribution < -0.4 is 10.6 Å². The molecule has 5 nitrogen and oxygen atoms in total. The number of benzene rings is 1. The van der Waals surface area contributed by atoms with Gasteiger partial charge in [-0.25, -0.2) is 4.39 Å². The Labute approximate surface area is 157 Å². The largest absolute Gasteiger partial charge is 0.322 e. The van der Waals surface area contributed by atoms with Crippen molar-refractivity contribution in [2.75, 3.05) is 25.0 Å². The summed E-state index contributed by atoms with van der Waals surface area (Å²) in [6, 6.07) is 5.25. The molecule has 0 bridgehead atoms. The van der Waals surface area contributed by atoms with Crippen molar-refractivity contribution in [3.05, 3.63) is 58.1 Å². The fourth-order valence-electron chi connectivity index (χ4n) is 3.16. The highest BCUT2D eigenvalue weighted by atomic mass is 35.5. The Morgan fingerprint density at radius 3 is 2.96 bits per heavy atom. The summed E-state index contributed by atoms with van der Waals surface area (Å²) in [5, 5.41) is 6.80. The standard InChI is InChI=1S/C19H22ClFN4O/c1-12-10-25(4-3-23-12)11-15-5-16(20)7-18(13(15)2)24-19(26)14-6-17(21)9-22-8-14/h5-9,12,23H,3-4,10-11H2,1-2H3,(H,24,26)/t12-/m0/s1. The lowest BCUT2D eigenvalue weighted by Crippen LogP contribution is -2.48. The second-order valence-corrected chi connectivity index (χ2v) is 7.11. The molecule has 26 heavy (non-hydrogen) atoms. The fourth-order valence-corrected chi connectivity index (χ4v) is 3.40. The summed E-state index contributed by atoms with van der Waals surface area (Å²) in [6.07, 6.45) is 2.40. The van der Waals surface area contributed by atoms with E-state index < -0.39 is 11.7 Å². The van der Waals surface area contributed by atoms with Crippen molar-refractivity contribution >= 4 is 23.2 Å². The number of aromatic nitrogens is 1. The van der Waals surface area contributed by atoms with Crippen LogP contribution in [0.2, 0.25) is 5.02 Å². The minimum Gasteiger partial charge on any atom is -0.322 e. The fraction of sp³-hybridized carbons (Fsp3) is 0.368. The lowest BCUT2D eigenvalue weighted by Gasteiger charge is -2.32. The Morgan fingerprint density at radius 1 is 1.42 bits per heavy atom. The van der Waals surface area contributed by atoms with Gasteiger partial charge >= 0.3 is 0 Å². The number of piperazine rings is 1. The van der Waals surface area contributed by atoms with Gasteiger partial charge in [0.15, 0.2) is 0 Å². The number of nitrogens with zero attached hydrogens (tertiary/aromatic N) is 2. The molecular formula is C19H22ClFN4O. The Hall–Kier alpha value is -2.02. The van der Waals surface area contributed by atoms with Gasteiger partial charge in [-0.15, -0.1) is 0 Å². The van der Waals surface area contributed by atoms with E-state index in [4.69, 9.17) is 11.6 Å². The molecule has 1 amide bonds. The van der Waals surface area contributed by atoms with Crippen molar-refractivity contribution < 1.29 is 9.18 Å². The molecule has 1 aliphatic rings. The van der Waals surface area contributed by atoms with Crippen LogP contribution in [-0.4, -0.2) is 41.5 Å². The molecule has 138 valence electrons. The van der Waals surface area contributed by atoms with E-state index in [0.29, 0.717) is 16.8 Å². The number of rotatable bonds is 4. The van der Waals surface area contributed by atoms with Crippen LogP contribution in [0.4, 0.5) is 10.1 Å². The number of hydrogen-bond acceptors (Lipinski definition) is 4. The maximum absolute atomic E-state index is 13.3. The molecule has 2 N–H and O–H groups in total. The van der Waals surface area contributed by atoms with Crippen LogP contribution in [0.3, 0.4) is 0 Å². The molecule has 7 heteroatoms. The second kappa shape index (κ2) is 8.12. The second-order valence-electron chi connectivity index (χ2n) is 6.67. The number of nitrogens with one attached hydrogen (secondary N) is 2. The molecule has 0 spiro atoms. The van der Waals surface area contributed by atoms with Gasteiger partial charge in [0.25, 0.3) is 5.91 Å². The molecule has 1 fully saturated rings. The van der Waals surface area contributed by atoms with Crippen LogP contribution in [0.15, 0.2) is 30.6 Å². The highest BCUT2D eigenvalue weighted by Crippen LogP contribution is 2.26. The van der Waals surface area contributed by atoms with Gasteiger partial charge in [0.2, 0.25) is 0 Å². The summed E-state index contributed by atoms with van der Waals surface area (Å²) >= 11 is 6.27. The molecule has 0 unspecified atom stereocenters. The minimum atomic E-state index is -0.547. The molecule has 1 aliphatic heterocycles. The third kappa shape index (κ3) is 4.58. The van der Waals surface area contributed by atoms with Gasteiger partial charge in [0.1, 0.15) is 5.82 Å². The Morgan fingerprint density at radius 2 is 2.23 bits per heavy atom. The number of halogens is 2. The smallest absolute Gasteiger partial charge is 0.257 e. The van der Waals surface area contributed by atoms with Crippen molar-refractivity contribution in [3.63, 3.8) is 0 Å². The maximum Gasteiger partial charge on any atom is 0.257 e. The number of anilines is 1. The van der Waals surface area contributed by atoms with E-state index in [1.165, 1.54) is 6.20 Å². The number of carbonyl (C=O) groups is 1. The lowest BCUT2D eigenvalue weighted by atomic mass is 10.0. The van der Waals surface area contributed by atoms with E-state index in [2.05, 4.69) is 27.4 Å². The zero-order valence-electron chi connectivity index (χ0n) is 14.9. The van der Waals surface area contributed by atoms with Crippen molar-refractivity contribution in [3.8, 4) is 0 Å². The average Bonchev–Trinajstić information content (AvgIpc) is 2.59. The van der Waals surface area contributed by atoms with Gasteiger partial charge in [-0.05, 0) is 43.2 Å². The van der Waals surface area contributed by atoms with Crippen LogP contribution in [-0.2, 0) is 6.54 Å². The SMILES string of the molecule is Cc1c(CN2CCN[C@@H](C)C2)cc(Cl)cc1NC(=O)c1cncc(F)c1. The molecule has 3 rings (SSSR count). The maximum atomic E-state index is 13.3. The highest BCUT2D eigenvalue weighted by molar-refractivity contribution is 6.31. The quantitative estimate of drug-likeness (QED) is 0.860. The molecule has 0 aliphatic carbocycles. The van der Waals surface area contributed by atoms with Gasteiger partial charge in [-0.2, -0.15) is 0 Å². The summed E-state index contributed by atoms with van der Waals surface area (Å²) in [7, 11) is 0. The summed E-state index contributed by atoms with van der Waals surface area (Å²) in [5.41, 5.74) is 2.82. The first-order valence-corrected chi connectivity index (χ1v) is 8.97. The molecule has 1 aromatic heterocycles. The Kier molecular flexibility index (Phi) is 5.86. The predicted molar refractivity (Wildman–Crippen MR) is 101 cm³/mol. The first kappa shape index (κ1) is 18.8. The molecule has 2 heterocycles. The van der Waals surface area contributed by atoms with E-state index in [1.54, 1.807) is 6.07 Å². The van der Waals surface area contributed by atoms with Crippen LogP contribution in [0.5, 0.6) is 0 Å². The average molecular weight is 377 g/mol. The van der Waals surface area contributed by atoms with Gasteiger partial charge in [-0.1, -0.05) is 11.6 Å². The molecule has 2 aromatic rings. The highest BCUT2D eigenvalue weighted by Gasteiger charge is 2.18. The molecular weight excluding hydrogens is 355 g/mol. The summed E-state index contributed by atoms with van der Waals surface area (Å²) in [5.74, 6) is -0.960. The van der Waals surface area contributed by atoms with Crippen LogP contribution in [0.1, 0.15) is 28.4 Å². The number of carbonyl (C=O) groups excluding carboxylic acids is 1. The molecule has 0 saturated carbocycles. The monoisotopic (exact) mass is 376 g/mol. The molecule has 0 radical (unpaired) electrons. The Balaban J connectivity index is 1.79. The van der Waals surface area contributed by atoms with Crippen LogP contribution in [0.25, 0.3) is 0 Å². The van der Waals surface area contributed by atoms with E-state index in [1.807, 2.05) is 13.0 Å². The van der Waals surface area contributed by atoms with E-state index in [-0.39, 0.29) is 5.56 Å².